The van der Waals surface area contributed by atoms with Crippen molar-refractivity contribution in [3.8, 4) is 0 Å². The Kier molecular flexibility index (Phi) is 11.9. The fourth-order valence-electron chi connectivity index (χ4n) is 8.58. The van der Waals surface area contributed by atoms with Gasteiger partial charge in [0.15, 0.2) is 0 Å². The van der Waals surface area contributed by atoms with Crippen LogP contribution < -0.4 is 4.90 Å². The Labute approximate surface area is 330 Å². The molecule has 0 unspecified atom stereocenters. The first-order chi connectivity index (χ1) is 26.7. The van der Waals surface area contributed by atoms with Gasteiger partial charge in [-0.25, -0.2) is 0 Å². The van der Waals surface area contributed by atoms with Crippen LogP contribution in [0.1, 0.15) is 99.1 Å². The molecule has 9 rings (SSSR count). The molecule has 2 heterocycles. The van der Waals surface area contributed by atoms with Crippen molar-refractivity contribution < 1.29 is 0 Å². The molecule has 2 aliphatic carbocycles. The first kappa shape index (κ1) is 39.4. The van der Waals surface area contributed by atoms with Gasteiger partial charge in [-0.05, 0) is 128 Å². The molecule has 2 nitrogen and oxygen atoms in total. The number of fused-ring (bicyclic) bond motifs is 5. The van der Waals surface area contributed by atoms with E-state index >= 15 is 0 Å². The van der Waals surface area contributed by atoms with E-state index < -0.39 is 0 Å². The quantitative estimate of drug-likeness (QED) is 0.164. The first-order valence-electron chi connectivity index (χ1n) is 20.5. The largest absolute Gasteiger partial charge is 0.335 e. The summed E-state index contributed by atoms with van der Waals surface area (Å²) in [5.74, 6) is 0. The van der Waals surface area contributed by atoms with Crippen LogP contribution in [0.25, 0.3) is 43.8 Å². The van der Waals surface area contributed by atoms with Gasteiger partial charge < -0.3 is 9.47 Å². The number of allylic oxidation sites excluding steroid dienone is 9. The fourth-order valence-corrected chi connectivity index (χ4v) is 8.58. The SMILES string of the molecule is C=CC.CC.CC.CC1(C)c2ccccc2N(c2ccc(C3=CC=C(C4=CC=C(n5c6ccccc6c6cc7ccccc7cc65)CC4)CC3)cc2)C1(C)C. The van der Waals surface area contributed by atoms with E-state index in [0.717, 1.165) is 25.7 Å². The van der Waals surface area contributed by atoms with E-state index in [2.05, 4.69) is 177 Å². The zero-order chi connectivity index (χ0) is 39.3. The molecule has 5 aromatic carbocycles. The average molecular weight is 725 g/mol. The minimum absolute atomic E-state index is 0.0299. The minimum Gasteiger partial charge on any atom is -0.335 e. The number of hydrogen-bond acceptors (Lipinski definition) is 1. The smallest absolute Gasteiger partial charge is 0.0544 e. The molecule has 2 heteroatoms. The summed E-state index contributed by atoms with van der Waals surface area (Å²) in [5, 5.41) is 5.25. The molecule has 0 radical (unpaired) electrons. The second-order valence-corrected chi connectivity index (χ2v) is 15.3. The van der Waals surface area contributed by atoms with E-state index in [9.17, 15) is 0 Å². The maximum Gasteiger partial charge on any atom is 0.0544 e. The molecule has 1 aromatic heterocycles. The van der Waals surface area contributed by atoms with Crippen molar-refractivity contribution in [2.75, 3.05) is 4.90 Å². The van der Waals surface area contributed by atoms with E-state index in [1.165, 1.54) is 77.5 Å². The molecule has 6 aromatic rings. The highest BCUT2D eigenvalue weighted by molar-refractivity contribution is 6.14. The highest BCUT2D eigenvalue weighted by Crippen LogP contribution is 2.54. The first-order valence-corrected chi connectivity index (χ1v) is 20.5. The monoisotopic (exact) mass is 724 g/mol. The summed E-state index contributed by atoms with van der Waals surface area (Å²) in [6, 6.07) is 40.5. The van der Waals surface area contributed by atoms with Crippen molar-refractivity contribution in [1.82, 2.24) is 4.57 Å². The molecule has 0 bridgehead atoms. The second-order valence-electron chi connectivity index (χ2n) is 15.3. The lowest BCUT2D eigenvalue weighted by Gasteiger charge is -2.42. The molecule has 0 fully saturated rings. The molecule has 0 atom stereocenters. The highest BCUT2D eigenvalue weighted by atomic mass is 15.2. The average Bonchev–Trinajstić information content (AvgIpc) is 3.63. The molecule has 0 saturated carbocycles. The van der Waals surface area contributed by atoms with Crippen molar-refractivity contribution in [3.05, 3.63) is 168 Å². The molecule has 0 saturated heterocycles. The van der Waals surface area contributed by atoms with Crippen LogP contribution in [0, 0.1) is 0 Å². The predicted molar refractivity (Wildman–Crippen MR) is 245 cm³/mol. The topological polar surface area (TPSA) is 8.17 Å². The zero-order valence-corrected chi connectivity index (χ0v) is 34.7. The number of para-hydroxylation sites is 2. The molecule has 3 aliphatic rings. The van der Waals surface area contributed by atoms with Crippen LogP contribution in [0.3, 0.4) is 0 Å². The maximum absolute atomic E-state index is 3.36. The Morgan fingerprint density at radius 1 is 0.564 bits per heavy atom. The van der Waals surface area contributed by atoms with Crippen LogP contribution in [-0.2, 0) is 5.41 Å². The van der Waals surface area contributed by atoms with Crippen molar-refractivity contribution in [2.24, 2.45) is 0 Å². The normalized spacial score (nSPS) is 16.6. The van der Waals surface area contributed by atoms with Gasteiger partial charge in [-0.3, -0.25) is 0 Å². The number of benzene rings is 5. The van der Waals surface area contributed by atoms with Gasteiger partial charge >= 0.3 is 0 Å². The summed E-state index contributed by atoms with van der Waals surface area (Å²) in [7, 11) is 0. The molecule has 0 amide bonds. The maximum atomic E-state index is 3.36. The van der Waals surface area contributed by atoms with Crippen LogP contribution >= 0.6 is 0 Å². The zero-order valence-electron chi connectivity index (χ0n) is 34.7. The number of nitrogens with zero attached hydrogens (tertiary/aromatic N) is 2. The van der Waals surface area contributed by atoms with Crippen molar-refractivity contribution in [3.63, 3.8) is 0 Å². The van der Waals surface area contributed by atoms with Gasteiger partial charge in [-0.1, -0.05) is 139 Å². The summed E-state index contributed by atoms with van der Waals surface area (Å²) in [4.78, 5) is 2.54. The van der Waals surface area contributed by atoms with Crippen molar-refractivity contribution >= 4 is 55.2 Å². The van der Waals surface area contributed by atoms with Gasteiger partial charge in [0.05, 0.1) is 11.0 Å². The van der Waals surface area contributed by atoms with Crippen LogP contribution in [0.4, 0.5) is 11.4 Å². The Bertz CT molecular complexity index is 2440. The fraction of sp³-hybridized carbons (Fsp3) is 0.283. The molecule has 0 spiro atoms. The predicted octanol–water partition coefficient (Wildman–Crippen LogP) is 15.8. The number of aromatic nitrogens is 1. The Morgan fingerprint density at radius 2 is 1.11 bits per heavy atom. The number of hydrogen-bond donors (Lipinski definition) is 0. The van der Waals surface area contributed by atoms with E-state index in [4.69, 9.17) is 0 Å². The number of rotatable bonds is 4. The second kappa shape index (κ2) is 16.6. The summed E-state index contributed by atoms with van der Waals surface area (Å²) in [5.41, 5.74) is 13.7. The lowest BCUT2D eigenvalue weighted by Crippen LogP contribution is -2.48. The van der Waals surface area contributed by atoms with Crippen LogP contribution in [0.5, 0.6) is 0 Å². The Balaban J connectivity index is 0.000000692. The summed E-state index contributed by atoms with van der Waals surface area (Å²) < 4.78 is 2.50. The van der Waals surface area contributed by atoms with Gasteiger partial charge in [0, 0.05) is 38.8 Å². The van der Waals surface area contributed by atoms with E-state index in [0.29, 0.717) is 0 Å². The molecule has 55 heavy (non-hydrogen) atoms. The lowest BCUT2D eigenvalue weighted by molar-refractivity contribution is 0.330. The third kappa shape index (κ3) is 7.04. The minimum atomic E-state index is -0.0299. The number of anilines is 2. The molecule has 282 valence electrons. The third-order valence-electron chi connectivity index (χ3n) is 11.9. The summed E-state index contributed by atoms with van der Waals surface area (Å²) >= 11 is 0. The van der Waals surface area contributed by atoms with Crippen molar-refractivity contribution in [2.45, 2.75) is 99.0 Å². The van der Waals surface area contributed by atoms with Gasteiger partial charge in [-0.15, -0.1) is 6.58 Å². The molecular formula is C53H60N2. The van der Waals surface area contributed by atoms with Gasteiger partial charge in [0.25, 0.3) is 0 Å². The van der Waals surface area contributed by atoms with Crippen LogP contribution in [-0.4, -0.2) is 10.1 Å². The van der Waals surface area contributed by atoms with E-state index in [-0.39, 0.29) is 11.0 Å². The van der Waals surface area contributed by atoms with Gasteiger partial charge in [0.2, 0.25) is 0 Å². The van der Waals surface area contributed by atoms with Gasteiger partial charge in [-0.2, -0.15) is 0 Å². The molecule has 1 aliphatic heterocycles. The Morgan fingerprint density at radius 3 is 1.75 bits per heavy atom. The Hall–Kier alpha value is -5.34. The lowest BCUT2D eigenvalue weighted by atomic mass is 9.72. The standard InChI is InChI=1S/C46H42N2.C3H6.2C2H6/c1-45(2)41-14-8-10-16-43(41)48(46(45,3)4)38-27-23-34(24-28-38)32-19-17-31(18-20-32)33-21-25-37(26-22-33)47-42-15-9-7-13-39(42)40-29-35-11-5-6-12-36(35)30-44(40)47;1-3-2;2*1-2/h5-17,19,21,23-25,27-30H,18,20,22,26H2,1-4H3;3H,1H2,2H3;2*1-2H3. The summed E-state index contributed by atoms with van der Waals surface area (Å²) in [6.45, 7) is 22.8. The summed E-state index contributed by atoms with van der Waals surface area (Å²) in [6.07, 6.45) is 15.5. The highest BCUT2D eigenvalue weighted by Gasteiger charge is 2.51. The van der Waals surface area contributed by atoms with E-state index in [1.807, 2.05) is 34.6 Å². The van der Waals surface area contributed by atoms with Crippen LogP contribution in [0.15, 0.2) is 157 Å². The third-order valence-corrected chi connectivity index (χ3v) is 11.9. The van der Waals surface area contributed by atoms with Gasteiger partial charge in [0.1, 0.15) is 0 Å². The van der Waals surface area contributed by atoms with E-state index in [1.54, 1.807) is 6.08 Å². The molecular weight excluding hydrogens is 665 g/mol. The van der Waals surface area contributed by atoms with Crippen LogP contribution in [0.2, 0.25) is 0 Å². The van der Waals surface area contributed by atoms with Crippen molar-refractivity contribution in [1.29, 1.82) is 0 Å². The molecule has 0 N–H and O–H groups in total.